The summed E-state index contributed by atoms with van der Waals surface area (Å²) in [5.41, 5.74) is 1.33. The first-order valence-corrected chi connectivity index (χ1v) is 6.61. The van der Waals surface area contributed by atoms with E-state index >= 15 is 0 Å². The monoisotopic (exact) mass is 231 g/mol. The molecule has 2 heteroatoms. The lowest BCUT2D eigenvalue weighted by atomic mass is 10.1. The number of hydrogen-bond donors (Lipinski definition) is 1. The fourth-order valence-electron chi connectivity index (χ4n) is 1.96. The first-order valence-electron chi connectivity index (χ1n) is 6.61. The van der Waals surface area contributed by atoms with Crippen molar-refractivity contribution in [2.75, 3.05) is 13.1 Å². The van der Waals surface area contributed by atoms with E-state index in [-0.39, 0.29) is 0 Å². The highest BCUT2D eigenvalue weighted by molar-refractivity contribution is 5.80. The standard InChI is InChI=1S/C15H21NO/c17-15(12-16-11-14-9-10-14)8-4-7-13-5-2-1-3-6-13/h1-3,5-6,14,16H,4,7-12H2. The summed E-state index contributed by atoms with van der Waals surface area (Å²) in [7, 11) is 0. The largest absolute Gasteiger partial charge is 0.310 e. The van der Waals surface area contributed by atoms with E-state index in [9.17, 15) is 4.79 Å². The molecule has 0 heterocycles. The van der Waals surface area contributed by atoms with Gasteiger partial charge in [-0.15, -0.1) is 0 Å². The minimum atomic E-state index is 0.349. The molecule has 0 spiro atoms. The minimum absolute atomic E-state index is 0.349. The van der Waals surface area contributed by atoms with Crippen LogP contribution in [0.15, 0.2) is 30.3 Å². The van der Waals surface area contributed by atoms with Crippen LogP contribution < -0.4 is 5.32 Å². The first kappa shape index (κ1) is 12.3. The van der Waals surface area contributed by atoms with Gasteiger partial charge in [-0.3, -0.25) is 4.79 Å². The second kappa shape index (κ2) is 6.55. The van der Waals surface area contributed by atoms with E-state index < -0.39 is 0 Å². The highest BCUT2D eigenvalue weighted by Gasteiger charge is 2.20. The third-order valence-electron chi connectivity index (χ3n) is 3.22. The second-order valence-corrected chi connectivity index (χ2v) is 4.95. The van der Waals surface area contributed by atoms with Gasteiger partial charge in [-0.2, -0.15) is 0 Å². The van der Waals surface area contributed by atoms with Crippen molar-refractivity contribution in [3.8, 4) is 0 Å². The molecule has 0 bridgehead atoms. The van der Waals surface area contributed by atoms with Gasteiger partial charge in [-0.1, -0.05) is 30.3 Å². The van der Waals surface area contributed by atoms with Gasteiger partial charge >= 0.3 is 0 Å². The number of ketones is 1. The van der Waals surface area contributed by atoms with Crippen molar-refractivity contribution in [2.45, 2.75) is 32.1 Å². The lowest BCUT2D eigenvalue weighted by Gasteiger charge is -2.03. The Balaban J connectivity index is 1.53. The fraction of sp³-hybridized carbons (Fsp3) is 0.533. The van der Waals surface area contributed by atoms with Gasteiger partial charge in [0.1, 0.15) is 5.78 Å². The van der Waals surface area contributed by atoms with Gasteiger partial charge in [0, 0.05) is 6.42 Å². The Morgan fingerprint density at radius 1 is 1.24 bits per heavy atom. The van der Waals surface area contributed by atoms with Crippen molar-refractivity contribution in [3.05, 3.63) is 35.9 Å². The van der Waals surface area contributed by atoms with E-state index in [2.05, 4.69) is 17.4 Å². The first-order chi connectivity index (χ1) is 8.34. The molecule has 0 amide bonds. The Morgan fingerprint density at radius 2 is 2.00 bits per heavy atom. The number of nitrogens with one attached hydrogen (secondary N) is 1. The van der Waals surface area contributed by atoms with E-state index in [1.807, 2.05) is 18.2 Å². The SMILES string of the molecule is O=C(CCCc1ccccc1)CNCC1CC1. The van der Waals surface area contributed by atoms with Gasteiger partial charge in [0.25, 0.3) is 0 Å². The molecule has 1 fully saturated rings. The molecule has 0 aromatic heterocycles. The van der Waals surface area contributed by atoms with Crippen LogP contribution in [-0.2, 0) is 11.2 Å². The molecule has 17 heavy (non-hydrogen) atoms. The number of carbonyl (C=O) groups excluding carboxylic acids is 1. The molecular formula is C15H21NO. The molecule has 0 unspecified atom stereocenters. The zero-order valence-corrected chi connectivity index (χ0v) is 10.3. The maximum Gasteiger partial charge on any atom is 0.146 e. The van der Waals surface area contributed by atoms with Crippen molar-refractivity contribution in [1.82, 2.24) is 5.32 Å². The molecule has 1 aromatic carbocycles. The minimum Gasteiger partial charge on any atom is -0.310 e. The normalized spacial score (nSPS) is 14.8. The molecule has 0 aliphatic heterocycles. The van der Waals surface area contributed by atoms with E-state index in [1.165, 1.54) is 18.4 Å². The Hall–Kier alpha value is -1.15. The predicted molar refractivity (Wildman–Crippen MR) is 70.0 cm³/mol. The van der Waals surface area contributed by atoms with Gasteiger partial charge in [-0.25, -0.2) is 0 Å². The molecule has 92 valence electrons. The Bertz CT molecular complexity index is 343. The van der Waals surface area contributed by atoms with Crippen molar-refractivity contribution in [3.63, 3.8) is 0 Å². The van der Waals surface area contributed by atoms with Crippen LogP contribution in [0.3, 0.4) is 0 Å². The van der Waals surface area contributed by atoms with E-state index in [4.69, 9.17) is 0 Å². The summed E-state index contributed by atoms with van der Waals surface area (Å²) in [6, 6.07) is 10.4. The topological polar surface area (TPSA) is 29.1 Å². The lowest BCUT2D eigenvalue weighted by molar-refractivity contribution is -0.118. The zero-order valence-electron chi connectivity index (χ0n) is 10.3. The highest BCUT2D eigenvalue weighted by atomic mass is 16.1. The molecule has 1 aliphatic rings. The Labute approximate surface area is 103 Å². The maximum absolute atomic E-state index is 11.6. The van der Waals surface area contributed by atoms with E-state index in [1.54, 1.807) is 0 Å². The molecule has 0 saturated heterocycles. The molecular weight excluding hydrogens is 210 g/mol. The smallest absolute Gasteiger partial charge is 0.146 e. The quantitative estimate of drug-likeness (QED) is 0.745. The van der Waals surface area contributed by atoms with Crippen molar-refractivity contribution in [2.24, 2.45) is 5.92 Å². The molecule has 1 aromatic rings. The van der Waals surface area contributed by atoms with Crippen molar-refractivity contribution >= 4 is 5.78 Å². The molecule has 2 nitrogen and oxygen atoms in total. The predicted octanol–water partition coefficient (Wildman–Crippen LogP) is 2.58. The van der Waals surface area contributed by atoms with Crippen molar-refractivity contribution < 1.29 is 4.79 Å². The number of benzene rings is 1. The Kier molecular flexibility index (Phi) is 4.75. The lowest BCUT2D eigenvalue weighted by Crippen LogP contribution is -2.24. The van der Waals surface area contributed by atoms with Crippen molar-refractivity contribution in [1.29, 1.82) is 0 Å². The van der Waals surface area contributed by atoms with Gasteiger partial charge in [0.15, 0.2) is 0 Å². The maximum atomic E-state index is 11.6. The van der Waals surface area contributed by atoms with Gasteiger partial charge in [0.05, 0.1) is 6.54 Å². The van der Waals surface area contributed by atoms with Crippen LogP contribution in [0.4, 0.5) is 0 Å². The average Bonchev–Trinajstić information content (AvgIpc) is 3.14. The summed E-state index contributed by atoms with van der Waals surface area (Å²) in [5, 5.41) is 3.25. The van der Waals surface area contributed by atoms with Crippen LogP contribution in [-0.4, -0.2) is 18.9 Å². The average molecular weight is 231 g/mol. The van der Waals surface area contributed by atoms with Crippen LogP contribution in [0, 0.1) is 5.92 Å². The molecule has 1 saturated carbocycles. The zero-order chi connectivity index (χ0) is 11.9. The number of rotatable bonds is 8. The van der Waals surface area contributed by atoms with Crippen LogP contribution in [0.25, 0.3) is 0 Å². The van der Waals surface area contributed by atoms with Crippen LogP contribution >= 0.6 is 0 Å². The number of carbonyl (C=O) groups is 1. The van der Waals surface area contributed by atoms with Crippen LogP contribution in [0.2, 0.25) is 0 Å². The van der Waals surface area contributed by atoms with Crippen LogP contribution in [0.1, 0.15) is 31.2 Å². The second-order valence-electron chi connectivity index (χ2n) is 4.95. The highest BCUT2D eigenvalue weighted by Crippen LogP contribution is 2.27. The van der Waals surface area contributed by atoms with Gasteiger partial charge < -0.3 is 5.32 Å². The molecule has 0 radical (unpaired) electrons. The van der Waals surface area contributed by atoms with Gasteiger partial charge in [-0.05, 0) is 43.7 Å². The Morgan fingerprint density at radius 3 is 2.71 bits per heavy atom. The fourth-order valence-corrected chi connectivity index (χ4v) is 1.96. The molecule has 1 N–H and O–H groups in total. The van der Waals surface area contributed by atoms with Crippen LogP contribution in [0.5, 0.6) is 0 Å². The molecule has 0 atom stereocenters. The van der Waals surface area contributed by atoms with E-state index in [0.29, 0.717) is 18.7 Å². The molecule has 2 rings (SSSR count). The summed E-state index contributed by atoms with van der Waals surface area (Å²) >= 11 is 0. The summed E-state index contributed by atoms with van der Waals surface area (Å²) in [6.07, 6.45) is 5.36. The summed E-state index contributed by atoms with van der Waals surface area (Å²) in [4.78, 5) is 11.6. The third kappa shape index (κ3) is 5.14. The number of Topliss-reactive ketones (excluding diaryl/α,β-unsaturated/α-hetero) is 1. The summed E-state index contributed by atoms with van der Waals surface area (Å²) < 4.78 is 0. The summed E-state index contributed by atoms with van der Waals surface area (Å²) in [6.45, 7) is 1.59. The van der Waals surface area contributed by atoms with Gasteiger partial charge in [0.2, 0.25) is 0 Å². The number of hydrogen-bond acceptors (Lipinski definition) is 2. The summed E-state index contributed by atoms with van der Waals surface area (Å²) in [5.74, 6) is 1.20. The third-order valence-corrected chi connectivity index (χ3v) is 3.22. The molecule has 1 aliphatic carbocycles. The van der Waals surface area contributed by atoms with E-state index in [0.717, 1.165) is 25.3 Å². The number of aryl methyl sites for hydroxylation is 1.